The van der Waals surface area contributed by atoms with Crippen molar-refractivity contribution in [3.05, 3.63) is 65.3 Å². The highest BCUT2D eigenvalue weighted by molar-refractivity contribution is 5.98. The van der Waals surface area contributed by atoms with Crippen molar-refractivity contribution in [1.29, 1.82) is 0 Å². The lowest BCUT2D eigenvalue weighted by molar-refractivity contribution is 0.0706. The smallest absolute Gasteiger partial charge is 0.270 e. The van der Waals surface area contributed by atoms with Gasteiger partial charge in [0.15, 0.2) is 5.76 Å². The highest BCUT2D eigenvalue weighted by Gasteiger charge is 2.25. The molecule has 1 aromatic carbocycles. The Kier molecular flexibility index (Phi) is 5.93. The molecule has 3 aromatic rings. The molecule has 6 nitrogen and oxygen atoms in total. The third-order valence-corrected chi connectivity index (χ3v) is 5.76. The second-order valence-corrected chi connectivity index (χ2v) is 8.24. The molecule has 0 saturated heterocycles. The number of hydrogen-bond acceptors (Lipinski definition) is 4. The van der Waals surface area contributed by atoms with E-state index in [0.717, 1.165) is 47.3 Å². The average Bonchev–Trinajstić information content (AvgIpc) is 3.40. The maximum Gasteiger partial charge on any atom is 0.270 e. The number of hydrogen-bond donors (Lipinski definition) is 2. The predicted molar refractivity (Wildman–Crippen MR) is 118 cm³/mol. The van der Waals surface area contributed by atoms with E-state index in [1.807, 2.05) is 48.2 Å². The average molecular weight is 407 g/mol. The van der Waals surface area contributed by atoms with Crippen LogP contribution < -0.4 is 5.32 Å². The monoisotopic (exact) mass is 406 g/mol. The summed E-state index contributed by atoms with van der Waals surface area (Å²) in [5.41, 5.74) is 3.78. The number of benzene rings is 1. The Bertz CT molecular complexity index is 1010. The van der Waals surface area contributed by atoms with Gasteiger partial charge in [-0.2, -0.15) is 0 Å². The number of nitrogens with one attached hydrogen (secondary N) is 2. The summed E-state index contributed by atoms with van der Waals surface area (Å²) in [6, 6.07) is 12.0. The van der Waals surface area contributed by atoms with Gasteiger partial charge in [-0.05, 0) is 50.3 Å². The molecular formula is C24H30N4O2. The minimum atomic E-state index is 0.0491. The molecule has 0 radical (unpaired) electrons. The molecule has 1 amide bonds. The first-order valence-corrected chi connectivity index (χ1v) is 10.8. The van der Waals surface area contributed by atoms with Crippen molar-refractivity contribution in [2.24, 2.45) is 0 Å². The van der Waals surface area contributed by atoms with Crippen molar-refractivity contribution in [3.63, 3.8) is 0 Å². The largest absolute Gasteiger partial charge is 0.381 e. The van der Waals surface area contributed by atoms with E-state index in [9.17, 15) is 4.79 Å². The lowest BCUT2D eigenvalue weighted by atomic mass is 9.98. The standard InChI is InChI=1S/C24H30N4O2/c1-4-28(24(29)23-12-17-8-5-6-11-21(17)26-23)19-10-7-9-18(13-19)25-15-20-14-22(16(2)3)27-30-20/h5-6,8,11-14,16,19,25-26H,4,7,9-10,15H2,1-3H3/t19-/m0/s1. The molecular weight excluding hydrogens is 376 g/mol. The molecule has 1 aliphatic rings. The van der Waals surface area contributed by atoms with Gasteiger partial charge in [-0.25, -0.2) is 0 Å². The quantitative estimate of drug-likeness (QED) is 0.581. The maximum absolute atomic E-state index is 13.2. The fraction of sp³-hybridized carbons (Fsp3) is 0.417. The van der Waals surface area contributed by atoms with Crippen molar-refractivity contribution in [2.45, 2.75) is 58.5 Å². The molecule has 0 saturated carbocycles. The summed E-state index contributed by atoms with van der Waals surface area (Å²) in [5, 5.41) is 8.66. The van der Waals surface area contributed by atoms with Crippen molar-refractivity contribution >= 4 is 16.8 Å². The van der Waals surface area contributed by atoms with Gasteiger partial charge in [0.05, 0.1) is 18.3 Å². The molecule has 1 aliphatic carbocycles. The fourth-order valence-electron chi connectivity index (χ4n) is 4.05. The Labute approximate surface area is 177 Å². The van der Waals surface area contributed by atoms with Crippen LogP contribution in [0.1, 0.15) is 67.9 Å². The van der Waals surface area contributed by atoms with Crippen molar-refractivity contribution in [3.8, 4) is 0 Å². The Morgan fingerprint density at radius 2 is 2.17 bits per heavy atom. The first-order valence-electron chi connectivity index (χ1n) is 10.8. The van der Waals surface area contributed by atoms with Crippen LogP contribution in [0.25, 0.3) is 10.9 Å². The van der Waals surface area contributed by atoms with Crippen LogP contribution in [0.4, 0.5) is 0 Å². The summed E-state index contributed by atoms with van der Waals surface area (Å²) < 4.78 is 5.43. The second-order valence-electron chi connectivity index (χ2n) is 8.24. The van der Waals surface area contributed by atoms with Gasteiger partial charge in [0, 0.05) is 29.2 Å². The Balaban J connectivity index is 1.45. The number of aromatic nitrogens is 2. The van der Waals surface area contributed by atoms with Gasteiger partial charge in [0.2, 0.25) is 0 Å². The van der Waals surface area contributed by atoms with Crippen molar-refractivity contribution in [2.75, 3.05) is 6.54 Å². The normalized spacial score (nSPS) is 16.7. The van der Waals surface area contributed by atoms with E-state index in [1.54, 1.807) is 0 Å². The molecule has 0 unspecified atom stereocenters. The number of H-pyrrole nitrogens is 1. The van der Waals surface area contributed by atoms with Gasteiger partial charge in [0.1, 0.15) is 5.69 Å². The van der Waals surface area contributed by atoms with E-state index in [0.29, 0.717) is 24.7 Å². The van der Waals surface area contributed by atoms with Crippen molar-refractivity contribution in [1.82, 2.24) is 20.4 Å². The topological polar surface area (TPSA) is 74.2 Å². The molecule has 4 rings (SSSR count). The van der Waals surface area contributed by atoms with Gasteiger partial charge >= 0.3 is 0 Å². The zero-order valence-electron chi connectivity index (χ0n) is 17.9. The molecule has 0 aliphatic heterocycles. The molecule has 2 heterocycles. The third kappa shape index (κ3) is 4.27. The highest BCUT2D eigenvalue weighted by atomic mass is 16.5. The third-order valence-electron chi connectivity index (χ3n) is 5.76. The Morgan fingerprint density at radius 3 is 2.90 bits per heavy atom. The molecule has 158 valence electrons. The molecule has 0 fully saturated rings. The van der Waals surface area contributed by atoms with Gasteiger partial charge in [-0.15, -0.1) is 0 Å². The van der Waals surface area contributed by atoms with Crippen LogP contribution >= 0.6 is 0 Å². The number of fused-ring (bicyclic) bond motifs is 1. The number of rotatable bonds is 7. The summed E-state index contributed by atoms with van der Waals surface area (Å²) in [6.07, 6.45) is 5.21. The number of amides is 1. The number of nitrogens with zero attached hydrogens (tertiary/aromatic N) is 2. The Hall–Kier alpha value is -3.02. The summed E-state index contributed by atoms with van der Waals surface area (Å²) in [4.78, 5) is 18.4. The molecule has 1 atom stereocenters. The zero-order chi connectivity index (χ0) is 21.1. The molecule has 2 aromatic heterocycles. The summed E-state index contributed by atoms with van der Waals surface area (Å²) >= 11 is 0. The SMILES string of the molecule is CCN(C(=O)c1cc2ccccc2[nH]1)[C@@H]1C=C(NCc2cc(C(C)C)no2)CCC1. The fourth-order valence-corrected chi connectivity index (χ4v) is 4.05. The number of likely N-dealkylation sites (N-methyl/N-ethyl adjacent to an activating group) is 1. The van der Waals surface area contributed by atoms with Gasteiger partial charge < -0.3 is 19.7 Å². The van der Waals surface area contributed by atoms with Crippen LogP contribution in [-0.2, 0) is 6.54 Å². The van der Waals surface area contributed by atoms with E-state index in [4.69, 9.17) is 4.52 Å². The first-order chi connectivity index (χ1) is 14.5. The molecule has 30 heavy (non-hydrogen) atoms. The summed E-state index contributed by atoms with van der Waals surface area (Å²) in [7, 11) is 0. The zero-order valence-corrected chi connectivity index (χ0v) is 17.9. The van der Waals surface area contributed by atoms with Crippen LogP contribution in [-0.4, -0.2) is 33.5 Å². The number of carbonyl (C=O) groups excluding carboxylic acids is 1. The van der Waals surface area contributed by atoms with E-state index < -0.39 is 0 Å². The van der Waals surface area contributed by atoms with Crippen LogP contribution in [0.3, 0.4) is 0 Å². The van der Waals surface area contributed by atoms with E-state index >= 15 is 0 Å². The number of aromatic amines is 1. The van der Waals surface area contributed by atoms with Crippen LogP contribution in [0, 0.1) is 0 Å². The van der Waals surface area contributed by atoms with Gasteiger partial charge in [0.25, 0.3) is 5.91 Å². The maximum atomic E-state index is 13.2. The van der Waals surface area contributed by atoms with E-state index in [1.165, 1.54) is 0 Å². The lowest BCUT2D eigenvalue weighted by Crippen LogP contribution is -2.41. The number of carbonyl (C=O) groups is 1. The van der Waals surface area contributed by atoms with Crippen LogP contribution in [0.5, 0.6) is 0 Å². The predicted octanol–water partition coefficient (Wildman–Crippen LogP) is 4.97. The van der Waals surface area contributed by atoms with E-state index in [2.05, 4.69) is 35.4 Å². The Morgan fingerprint density at radius 1 is 1.33 bits per heavy atom. The lowest BCUT2D eigenvalue weighted by Gasteiger charge is -2.32. The van der Waals surface area contributed by atoms with Gasteiger partial charge in [-0.1, -0.05) is 37.2 Å². The second kappa shape index (κ2) is 8.78. The number of para-hydroxylation sites is 1. The minimum absolute atomic E-state index is 0.0491. The molecule has 0 spiro atoms. The van der Waals surface area contributed by atoms with Crippen molar-refractivity contribution < 1.29 is 9.32 Å². The summed E-state index contributed by atoms with van der Waals surface area (Å²) in [6.45, 7) is 7.53. The number of allylic oxidation sites excluding steroid dienone is 1. The van der Waals surface area contributed by atoms with Gasteiger partial charge in [-0.3, -0.25) is 4.79 Å². The van der Waals surface area contributed by atoms with Crippen LogP contribution in [0.15, 0.2) is 52.7 Å². The highest BCUT2D eigenvalue weighted by Crippen LogP contribution is 2.24. The summed E-state index contributed by atoms with van der Waals surface area (Å²) in [5.74, 6) is 1.24. The first kappa shape index (κ1) is 20.3. The van der Waals surface area contributed by atoms with E-state index in [-0.39, 0.29) is 11.9 Å². The molecule has 0 bridgehead atoms. The van der Waals surface area contributed by atoms with Crippen LogP contribution in [0.2, 0.25) is 0 Å². The molecule has 6 heteroatoms. The minimum Gasteiger partial charge on any atom is -0.381 e. The molecule has 2 N–H and O–H groups in total.